The molecule has 45 heavy (non-hydrogen) atoms. The summed E-state index contributed by atoms with van der Waals surface area (Å²) in [4.78, 5) is 12.5. The molecule has 8 bridgehead atoms. The summed E-state index contributed by atoms with van der Waals surface area (Å²) in [6.45, 7) is 2.36. The van der Waals surface area contributed by atoms with E-state index in [0.29, 0.717) is 18.7 Å². The molecule has 8 nitrogen and oxygen atoms in total. The van der Waals surface area contributed by atoms with Crippen molar-refractivity contribution < 1.29 is 27.8 Å². The van der Waals surface area contributed by atoms with E-state index in [1.54, 1.807) is 22.5 Å². The van der Waals surface area contributed by atoms with Gasteiger partial charge in [0.15, 0.2) is 7.05 Å². The van der Waals surface area contributed by atoms with Crippen LogP contribution in [-0.2, 0) is 21.2 Å². The fourth-order valence-corrected chi connectivity index (χ4v) is 9.86. The van der Waals surface area contributed by atoms with Crippen LogP contribution in [0.15, 0.2) is 64.6 Å². The van der Waals surface area contributed by atoms with E-state index in [0.717, 1.165) is 84.9 Å². The highest BCUT2D eigenvalue weighted by atomic mass is 32.2. The van der Waals surface area contributed by atoms with Crippen molar-refractivity contribution in [1.82, 2.24) is 4.31 Å². The fourth-order valence-electron chi connectivity index (χ4n) is 8.07. The van der Waals surface area contributed by atoms with Gasteiger partial charge in [-0.3, -0.25) is 4.79 Å². The molecule has 0 amide bonds. The number of azo groups is 2. The zero-order chi connectivity index (χ0) is 31.3. The van der Waals surface area contributed by atoms with Crippen molar-refractivity contribution in [2.24, 2.45) is 5.11 Å². The first-order chi connectivity index (χ1) is 21.7. The molecular weight excluding hydrogens is 586 g/mol. The standard InChI is InChI=1S/C36H41N3O5S/c1-23-27-17-18-28-31(38(2)37-36(23)28)11-7-5-3-4-6-10-26-22-39(45(42,43)34-13-9-8-12-33(34)44-26)32-19-16-24-14-15-25(20-30(24)32)29(27)21-35(40)41/h8-9,12-15,17-18,20,26,29,31-32H,3-7,10-11,16,19,21-22H2,1-2H3/p+1. The van der Waals surface area contributed by atoms with Gasteiger partial charge in [-0.2, -0.15) is 4.31 Å². The lowest BCUT2D eigenvalue weighted by Crippen LogP contribution is -2.39. The number of hydrogen-bond donors (Lipinski definition) is 1. The molecule has 4 heterocycles. The van der Waals surface area contributed by atoms with E-state index in [2.05, 4.69) is 35.9 Å². The maximum atomic E-state index is 14.3. The average Bonchev–Trinajstić information content (AvgIpc) is 3.55. The Bertz CT molecular complexity index is 1790. The third-order valence-corrected chi connectivity index (χ3v) is 12.3. The number of rotatable bonds is 2. The number of ether oxygens (including phenoxy) is 1. The van der Waals surface area contributed by atoms with Gasteiger partial charge in [0.1, 0.15) is 22.4 Å². The van der Waals surface area contributed by atoms with E-state index in [9.17, 15) is 18.3 Å². The van der Waals surface area contributed by atoms with Crippen LogP contribution >= 0.6 is 0 Å². The monoisotopic (exact) mass is 628 g/mol. The normalized spacial score (nSPS) is 27.2. The second kappa shape index (κ2) is 12.0. The molecule has 5 atom stereocenters. The number of fused-ring (bicyclic) bond motifs is 8. The van der Waals surface area contributed by atoms with Gasteiger partial charge in [0, 0.05) is 12.3 Å². The molecule has 0 aromatic heterocycles. The minimum Gasteiger partial charge on any atom is -0.488 e. The molecule has 1 N–H and O–H groups in total. The minimum atomic E-state index is -3.84. The van der Waals surface area contributed by atoms with Crippen LogP contribution in [0, 0.1) is 6.92 Å². The third-order valence-electron chi connectivity index (χ3n) is 10.4. The van der Waals surface area contributed by atoms with E-state index in [4.69, 9.17) is 9.85 Å². The van der Waals surface area contributed by atoms with Crippen molar-refractivity contribution in [3.63, 3.8) is 0 Å². The van der Waals surface area contributed by atoms with Gasteiger partial charge in [0.25, 0.3) is 0 Å². The Hall–Kier alpha value is -3.56. The average molecular weight is 629 g/mol. The summed E-state index contributed by atoms with van der Waals surface area (Å²) in [5.41, 5.74) is 7.15. The maximum Gasteiger partial charge on any atom is 0.304 e. The number of carboxylic acid groups (broad SMARTS) is 1. The van der Waals surface area contributed by atoms with Gasteiger partial charge in [-0.25, -0.2) is 8.42 Å². The van der Waals surface area contributed by atoms with Crippen molar-refractivity contribution in [3.05, 3.63) is 88.0 Å². The van der Waals surface area contributed by atoms with Gasteiger partial charge in [0.05, 0.1) is 24.6 Å². The zero-order valence-electron chi connectivity index (χ0n) is 26.1. The van der Waals surface area contributed by atoms with Crippen molar-refractivity contribution >= 4 is 21.7 Å². The molecule has 8 rings (SSSR count). The van der Waals surface area contributed by atoms with E-state index in [1.807, 2.05) is 19.2 Å². The van der Waals surface area contributed by atoms with Crippen molar-refractivity contribution in [1.29, 1.82) is 0 Å². The van der Waals surface area contributed by atoms with E-state index >= 15 is 0 Å². The molecule has 236 valence electrons. The van der Waals surface area contributed by atoms with E-state index in [1.165, 1.54) is 5.56 Å². The van der Waals surface area contributed by atoms with Crippen LogP contribution in [0.4, 0.5) is 5.69 Å². The SMILES string of the molecule is Cc1c2ccc3c1N=[N+](C)C3CCCCCCCC1CN(C3CCc4ccc(cc43)C2CC(=O)O)S(=O)(=O)c2ccccc2O1. The largest absolute Gasteiger partial charge is 0.488 e. The van der Waals surface area contributed by atoms with Crippen LogP contribution in [0.5, 0.6) is 5.75 Å². The molecule has 3 aromatic rings. The van der Waals surface area contributed by atoms with Crippen molar-refractivity contribution in [2.75, 3.05) is 13.6 Å². The quantitative estimate of drug-likeness (QED) is 0.295. The summed E-state index contributed by atoms with van der Waals surface area (Å²) in [6.07, 6.45) is 8.38. The number of para-hydroxylation sites is 1. The predicted molar refractivity (Wildman–Crippen MR) is 171 cm³/mol. The molecule has 0 fully saturated rings. The number of carbonyl (C=O) groups is 1. The minimum absolute atomic E-state index is 0.0619. The molecule has 0 spiro atoms. The summed E-state index contributed by atoms with van der Waals surface area (Å²) in [7, 11) is -1.80. The summed E-state index contributed by atoms with van der Waals surface area (Å²) < 4.78 is 38.8. The Morgan fingerprint density at radius 1 is 0.978 bits per heavy atom. The second-order valence-corrected chi connectivity index (χ2v) is 15.0. The number of benzene rings is 3. The fraction of sp³-hybridized carbons (Fsp3) is 0.472. The second-order valence-electron chi connectivity index (χ2n) is 13.2. The number of nitrogens with zero attached hydrogens (tertiary/aromatic N) is 3. The van der Waals surface area contributed by atoms with E-state index in [-0.39, 0.29) is 35.4 Å². The van der Waals surface area contributed by atoms with Gasteiger partial charge in [0.2, 0.25) is 16.1 Å². The number of hydrogen-bond acceptors (Lipinski definition) is 5. The predicted octanol–water partition coefficient (Wildman–Crippen LogP) is 7.57. The first-order valence-electron chi connectivity index (χ1n) is 16.4. The van der Waals surface area contributed by atoms with Crippen LogP contribution < -0.4 is 4.74 Å². The summed E-state index contributed by atoms with van der Waals surface area (Å²) in [5.74, 6) is -0.825. The summed E-state index contributed by atoms with van der Waals surface area (Å²) in [5, 5.41) is 15.0. The lowest BCUT2D eigenvalue weighted by Gasteiger charge is -2.30. The molecule has 0 saturated heterocycles. The van der Waals surface area contributed by atoms with Gasteiger partial charge < -0.3 is 9.84 Å². The van der Waals surface area contributed by atoms with Gasteiger partial charge in [-0.15, -0.1) is 4.70 Å². The molecule has 0 radical (unpaired) electrons. The highest BCUT2D eigenvalue weighted by Gasteiger charge is 2.42. The molecule has 5 aliphatic rings. The molecule has 4 aliphatic heterocycles. The van der Waals surface area contributed by atoms with E-state index < -0.39 is 16.0 Å². The molecule has 0 saturated carbocycles. The zero-order valence-corrected chi connectivity index (χ0v) is 26.9. The molecular formula is C36H42N3O5S+. The first-order valence-corrected chi connectivity index (χ1v) is 17.9. The summed E-state index contributed by atoms with van der Waals surface area (Å²) >= 11 is 0. The molecule has 1 aliphatic carbocycles. The maximum absolute atomic E-state index is 14.3. The number of carboxylic acids is 1. The van der Waals surface area contributed by atoms with Crippen LogP contribution in [0.25, 0.3) is 0 Å². The van der Waals surface area contributed by atoms with Crippen molar-refractivity contribution in [2.45, 2.75) is 100 Å². The van der Waals surface area contributed by atoms with Gasteiger partial charge >= 0.3 is 5.97 Å². The molecule has 5 unspecified atom stereocenters. The molecule has 3 aromatic carbocycles. The van der Waals surface area contributed by atoms with Gasteiger partial charge in [-0.05, 0) is 90.2 Å². The Kier molecular flexibility index (Phi) is 8.02. The Labute approximate surface area is 265 Å². The molecule has 9 heteroatoms. The van der Waals surface area contributed by atoms with Crippen LogP contribution in [-0.4, -0.2) is 48.2 Å². The van der Waals surface area contributed by atoms with Crippen molar-refractivity contribution in [3.8, 4) is 5.75 Å². The Balaban J connectivity index is 1.35. The van der Waals surface area contributed by atoms with Crippen LogP contribution in [0.3, 0.4) is 0 Å². The van der Waals surface area contributed by atoms with Crippen LogP contribution in [0.2, 0.25) is 0 Å². The van der Waals surface area contributed by atoms with Gasteiger partial charge in [-0.1, -0.05) is 55.7 Å². The lowest BCUT2D eigenvalue weighted by atomic mass is 9.83. The smallest absolute Gasteiger partial charge is 0.304 e. The number of aliphatic carboxylic acids is 1. The Morgan fingerprint density at radius 3 is 2.56 bits per heavy atom. The summed E-state index contributed by atoms with van der Waals surface area (Å²) in [6, 6.07) is 17.4. The number of sulfonamides is 1. The Morgan fingerprint density at radius 2 is 1.73 bits per heavy atom. The highest BCUT2D eigenvalue weighted by molar-refractivity contribution is 7.89. The van der Waals surface area contributed by atoms with Crippen LogP contribution in [0.1, 0.15) is 109 Å². The first kappa shape index (κ1) is 30.1. The lowest BCUT2D eigenvalue weighted by molar-refractivity contribution is -0.599. The number of aryl methyl sites for hydroxylation is 1. The highest BCUT2D eigenvalue weighted by Crippen LogP contribution is 2.47. The topological polar surface area (TPSA) is 99.3 Å². The third kappa shape index (κ3) is 5.48.